The fourth-order valence-corrected chi connectivity index (χ4v) is 0.842. The molecule has 70 valence electrons. The molecule has 1 aromatic heterocycles. The third kappa shape index (κ3) is 2.38. The molecule has 2 nitrogen and oxygen atoms in total. The molecule has 0 fully saturated rings. The second-order valence-corrected chi connectivity index (χ2v) is 2.71. The summed E-state index contributed by atoms with van der Waals surface area (Å²) in [4.78, 5) is 12.9. The monoisotopic (exact) mass is 207 g/mol. The summed E-state index contributed by atoms with van der Waals surface area (Å²) >= 11 is 4.60. The normalized spacial score (nSPS) is 11.3. The SMILES string of the molecule is O=C(c1ccc(=S)[nH]c1)C(F)(F)F. The van der Waals surface area contributed by atoms with Crippen molar-refractivity contribution < 1.29 is 18.0 Å². The molecule has 0 saturated carbocycles. The van der Waals surface area contributed by atoms with E-state index in [0.29, 0.717) is 0 Å². The largest absolute Gasteiger partial charge is 0.454 e. The van der Waals surface area contributed by atoms with E-state index in [1.165, 1.54) is 6.07 Å². The number of aromatic amines is 1. The zero-order valence-electron chi connectivity index (χ0n) is 6.18. The van der Waals surface area contributed by atoms with Gasteiger partial charge in [0.2, 0.25) is 0 Å². The maximum Gasteiger partial charge on any atom is 0.454 e. The van der Waals surface area contributed by atoms with Crippen LogP contribution in [0.5, 0.6) is 0 Å². The number of pyridine rings is 1. The smallest absolute Gasteiger partial charge is 0.352 e. The maximum atomic E-state index is 11.8. The molecule has 0 aliphatic rings. The van der Waals surface area contributed by atoms with Crippen molar-refractivity contribution in [3.8, 4) is 0 Å². The van der Waals surface area contributed by atoms with Crippen molar-refractivity contribution >= 4 is 18.0 Å². The Morgan fingerprint density at radius 1 is 1.38 bits per heavy atom. The summed E-state index contributed by atoms with van der Waals surface area (Å²) in [6, 6.07) is 2.27. The molecule has 1 N–H and O–H groups in total. The lowest BCUT2D eigenvalue weighted by atomic mass is 10.2. The number of nitrogens with one attached hydrogen (secondary N) is 1. The number of Topliss-reactive ketones (excluding diaryl/α,β-unsaturated/α-hetero) is 1. The highest BCUT2D eigenvalue weighted by atomic mass is 32.1. The highest BCUT2D eigenvalue weighted by Gasteiger charge is 2.39. The van der Waals surface area contributed by atoms with E-state index < -0.39 is 17.5 Å². The summed E-state index contributed by atoms with van der Waals surface area (Å²) in [5, 5.41) is 0. The van der Waals surface area contributed by atoms with Crippen LogP contribution < -0.4 is 0 Å². The van der Waals surface area contributed by atoms with Crippen molar-refractivity contribution in [1.29, 1.82) is 0 Å². The van der Waals surface area contributed by atoms with Crippen molar-refractivity contribution in [2.24, 2.45) is 0 Å². The van der Waals surface area contributed by atoms with E-state index in [9.17, 15) is 18.0 Å². The van der Waals surface area contributed by atoms with Crippen molar-refractivity contribution in [2.45, 2.75) is 6.18 Å². The van der Waals surface area contributed by atoms with E-state index in [4.69, 9.17) is 0 Å². The Kier molecular flexibility index (Phi) is 2.51. The standard InChI is InChI=1S/C7H4F3NOS/c8-7(9,10)6(12)4-1-2-5(13)11-3-4/h1-3H,(H,11,13). The average Bonchev–Trinajstić information content (AvgIpc) is 2.03. The van der Waals surface area contributed by atoms with Crippen LogP contribution in [0.3, 0.4) is 0 Å². The Bertz CT molecular complexity index is 362. The third-order valence-corrected chi connectivity index (χ3v) is 1.56. The summed E-state index contributed by atoms with van der Waals surface area (Å²) < 4.78 is 35.8. The first kappa shape index (κ1) is 9.91. The molecule has 0 spiro atoms. The average molecular weight is 207 g/mol. The number of carbonyl (C=O) groups excluding carboxylic acids is 1. The molecule has 0 aliphatic heterocycles. The van der Waals surface area contributed by atoms with Gasteiger partial charge in [0, 0.05) is 11.8 Å². The number of aromatic nitrogens is 1. The van der Waals surface area contributed by atoms with Gasteiger partial charge in [-0.1, -0.05) is 12.2 Å². The molecule has 0 atom stereocenters. The van der Waals surface area contributed by atoms with Crippen molar-refractivity contribution in [2.75, 3.05) is 0 Å². The van der Waals surface area contributed by atoms with Gasteiger partial charge in [-0.05, 0) is 12.1 Å². The van der Waals surface area contributed by atoms with Crippen molar-refractivity contribution in [3.05, 3.63) is 28.5 Å². The van der Waals surface area contributed by atoms with Crippen LogP contribution in [0.15, 0.2) is 18.3 Å². The number of hydrogen-bond acceptors (Lipinski definition) is 2. The number of halogens is 3. The molecule has 1 rings (SSSR count). The fraction of sp³-hybridized carbons (Fsp3) is 0.143. The molecule has 6 heteroatoms. The third-order valence-electron chi connectivity index (χ3n) is 1.30. The molecular formula is C7H4F3NOS. The van der Waals surface area contributed by atoms with Gasteiger partial charge in [0.25, 0.3) is 5.78 Å². The Labute approximate surface area is 76.4 Å². The topological polar surface area (TPSA) is 32.9 Å². The van der Waals surface area contributed by atoms with E-state index in [1.54, 1.807) is 0 Å². The van der Waals surface area contributed by atoms with Gasteiger partial charge in [0.15, 0.2) is 0 Å². The second kappa shape index (κ2) is 3.29. The van der Waals surface area contributed by atoms with E-state index >= 15 is 0 Å². The Morgan fingerprint density at radius 3 is 2.38 bits per heavy atom. The van der Waals surface area contributed by atoms with Gasteiger partial charge in [-0.2, -0.15) is 13.2 Å². The molecule has 0 aromatic carbocycles. The van der Waals surface area contributed by atoms with Gasteiger partial charge in [-0.15, -0.1) is 0 Å². The second-order valence-electron chi connectivity index (χ2n) is 2.27. The molecule has 0 amide bonds. The number of ketones is 1. The van der Waals surface area contributed by atoms with Crippen molar-refractivity contribution in [3.63, 3.8) is 0 Å². The van der Waals surface area contributed by atoms with E-state index in [0.717, 1.165) is 12.3 Å². The van der Waals surface area contributed by atoms with Crippen LogP contribution in [0.2, 0.25) is 0 Å². The molecule has 0 unspecified atom stereocenters. The molecule has 1 aromatic rings. The van der Waals surface area contributed by atoms with Crippen LogP contribution in [0.25, 0.3) is 0 Å². The van der Waals surface area contributed by atoms with Crippen molar-refractivity contribution in [1.82, 2.24) is 4.98 Å². The lowest BCUT2D eigenvalue weighted by molar-refractivity contribution is -0.0885. The lowest BCUT2D eigenvalue weighted by Gasteiger charge is -2.03. The molecule has 13 heavy (non-hydrogen) atoms. The minimum absolute atomic E-state index is 0.277. The van der Waals surface area contributed by atoms with Gasteiger partial charge in [0.1, 0.15) is 4.64 Å². The number of H-pyrrole nitrogens is 1. The highest BCUT2D eigenvalue weighted by Crippen LogP contribution is 2.20. The minimum atomic E-state index is -4.84. The molecular weight excluding hydrogens is 203 g/mol. The summed E-state index contributed by atoms with van der Waals surface area (Å²) in [7, 11) is 0. The number of rotatable bonds is 1. The van der Waals surface area contributed by atoms with Crippen LogP contribution in [-0.2, 0) is 0 Å². The number of carbonyl (C=O) groups is 1. The van der Waals surface area contributed by atoms with Crippen LogP contribution in [0.4, 0.5) is 13.2 Å². The van der Waals surface area contributed by atoms with Gasteiger partial charge >= 0.3 is 6.18 Å². The van der Waals surface area contributed by atoms with Crippen LogP contribution in [0, 0.1) is 4.64 Å². The van der Waals surface area contributed by atoms with Crippen LogP contribution in [-0.4, -0.2) is 16.9 Å². The first-order chi connectivity index (χ1) is 5.91. The predicted molar refractivity (Wildman–Crippen MR) is 42.0 cm³/mol. The highest BCUT2D eigenvalue weighted by molar-refractivity contribution is 7.71. The fourth-order valence-electron chi connectivity index (χ4n) is 0.715. The summed E-state index contributed by atoms with van der Waals surface area (Å²) in [6.45, 7) is 0. The molecule has 0 radical (unpaired) electrons. The summed E-state index contributed by atoms with van der Waals surface area (Å²) in [5.41, 5.74) is -0.443. The van der Waals surface area contributed by atoms with Gasteiger partial charge in [-0.3, -0.25) is 4.79 Å². The Balaban J connectivity index is 3.04. The van der Waals surface area contributed by atoms with E-state index in [-0.39, 0.29) is 4.64 Å². The van der Waals surface area contributed by atoms with Gasteiger partial charge < -0.3 is 4.98 Å². The predicted octanol–water partition coefficient (Wildman–Crippen LogP) is 2.49. The zero-order chi connectivity index (χ0) is 10.1. The van der Waals surface area contributed by atoms with E-state index in [2.05, 4.69) is 17.2 Å². The van der Waals surface area contributed by atoms with Gasteiger partial charge in [-0.25, -0.2) is 0 Å². The lowest BCUT2D eigenvalue weighted by Crippen LogP contribution is -2.22. The first-order valence-corrected chi connectivity index (χ1v) is 3.62. The maximum absolute atomic E-state index is 11.8. The molecule has 0 saturated heterocycles. The van der Waals surface area contributed by atoms with Crippen LogP contribution in [0.1, 0.15) is 10.4 Å². The number of alkyl halides is 3. The first-order valence-electron chi connectivity index (χ1n) is 3.21. The quantitative estimate of drug-likeness (QED) is 0.566. The molecule has 1 heterocycles. The Hall–Kier alpha value is -1.17. The summed E-state index contributed by atoms with van der Waals surface area (Å²) in [6.07, 6.45) is -3.89. The molecule has 0 bridgehead atoms. The van der Waals surface area contributed by atoms with E-state index in [1.807, 2.05) is 0 Å². The van der Waals surface area contributed by atoms with Crippen LogP contribution >= 0.6 is 12.2 Å². The van der Waals surface area contributed by atoms with Gasteiger partial charge in [0.05, 0.1) is 0 Å². The minimum Gasteiger partial charge on any atom is -0.352 e. The Morgan fingerprint density at radius 2 is 2.00 bits per heavy atom. The summed E-state index contributed by atoms with van der Waals surface area (Å²) in [5.74, 6) is -1.88. The zero-order valence-corrected chi connectivity index (χ0v) is 7.00. The molecule has 0 aliphatic carbocycles. The number of hydrogen-bond donors (Lipinski definition) is 1.